The number of carbonyl (C=O) groups excluding carboxylic acids is 1. The first-order valence-corrected chi connectivity index (χ1v) is 6.96. The summed E-state index contributed by atoms with van der Waals surface area (Å²) in [6, 6.07) is 2.30. The van der Waals surface area contributed by atoms with Crippen molar-refractivity contribution in [2.45, 2.75) is 24.3 Å². The van der Waals surface area contributed by atoms with Gasteiger partial charge in [0.2, 0.25) is 15.9 Å². The van der Waals surface area contributed by atoms with Gasteiger partial charge < -0.3 is 11.5 Å². The first kappa shape index (κ1) is 15.9. The number of nitrogens with zero attached hydrogens (tertiary/aromatic N) is 1. The third-order valence-corrected chi connectivity index (χ3v) is 4.02. The summed E-state index contributed by atoms with van der Waals surface area (Å²) in [5, 5.41) is 10.5. The number of primary amides is 1. The lowest BCUT2D eigenvalue weighted by Crippen LogP contribution is -2.36. The Morgan fingerprint density at radius 2 is 2.10 bits per heavy atom. The molecule has 5 N–H and O–H groups in total. The van der Waals surface area contributed by atoms with Gasteiger partial charge in [-0.3, -0.25) is 14.9 Å². The molecule has 0 aliphatic rings. The average Bonchev–Trinajstić information content (AvgIpc) is 2.25. The van der Waals surface area contributed by atoms with E-state index in [2.05, 4.69) is 4.72 Å². The van der Waals surface area contributed by atoms with E-state index in [1.165, 1.54) is 6.92 Å². The van der Waals surface area contributed by atoms with Gasteiger partial charge in [-0.2, -0.15) is 0 Å². The number of anilines is 1. The highest BCUT2D eigenvalue weighted by Gasteiger charge is 2.22. The summed E-state index contributed by atoms with van der Waals surface area (Å²) in [6.07, 6.45) is -0.174. The van der Waals surface area contributed by atoms with Crippen molar-refractivity contribution in [3.05, 3.63) is 28.3 Å². The van der Waals surface area contributed by atoms with Crippen LogP contribution < -0.4 is 16.2 Å². The fourth-order valence-corrected chi connectivity index (χ4v) is 2.92. The summed E-state index contributed by atoms with van der Waals surface area (Å²) >= 11 is 0. The van der Waals surface area contributed by atoms with Crippen LogP contribution in [0.15, 0.2) is 23.1 Å². The molecule has 0 aliphatic heterocycles. The van der Waals surface area contributed by atoms with Crippen LogP contribution in [0, 0.1) is 10.1 Å². The monoisotopic (exact) mass is 302 g/mol. The van der Waals surface area contributed by atoms with E-state index in [0.29, 0.717) is 0 Å². The standard InChI is InChI=1S/C10H14N4O5S/c1-6(4-10(12)15)13-20(18,19)9-3-2-7(14(16)17)5-8(9)11/h2-3,5-6,13H,4,11H2,1H3,(H2,12,15). The van der Waals surface area contributed by atoms with Crippen LogP contribution in [0.5, 0.6) is 0 Å². The van der Waals surface area contributed by atoms with Crippen molar-refractivity contribution in [3.63, 3.8) is 0 Å². The number of sulfonamides is 1. The lowest BCUT2D eigenvalue weighted by molar-refractivity contribution is -0.384. The smallest absolute Gasteiger partial charge is 0.271 e. The molecule has 110 valence electrons. The van der Waals surface area contributed by atoms with Gasteiger partial charge in [0, 0.05) is 24.6 Å². The maximum Gasteiger partial charge on any atom is 0.271 e. The van der Waals surface area contributed by atoms with Gasteiger partial charge in [-0.15, -0.1) is 0 Å². The number of nitrogens with one attached hydrogen (secondary N) is 1. The van der Waals surface area contributed by atoms with Gasteiger partial charge in [-0.1, -0.05) is 0 Å². The van der Waals surface area contributed by atoms with E-state index in [1.807, 2.05) is 0 Å². The highest BCUT2D eigenvalue weighted by Crippen LogP contribution is 2.23. The predicted molar refractivity (Wildman–Crippen MR) is 71.1 cm³/mol. The zero-order chi connectivity index (χ0) is 15.5. The summed E-state index contributed by atoms with van der Waals surface area (Å²) in [7, 11) is -3.98. The molecule has 0 bridgehead atoms. The normalized spacial score (nSPS) is 12.8. The first-order chi connectivity index (χ1) is 9.13. The predicted octanol–water partition coefficient (Wildman–Crippen LogP) is -0.281. The van der Waals surface area contributed by atoms with Crippen LogP contribution >= 0.6 is 0 Å². The van der Waals surface area contributed by atoms with E-state index < -0.39 is 26.9 Å². The molecule has 20 heavy (non-hydrogen) atoms. The van der Waals surface area contributed by atoms with Gasteiger partial charge in [-0.05, 0) is 13.0 Å². The maximum atomic E-state index is 12.0. The van der Waals surface area contributed by atoms with Crippen LogP contribution in [0.4, 0.5) is 11.4 Å². The molecular formula is C10H14N4O5S. The van der Waals surface area contributed by atoms with Crippen LogP contribution in [0.3, 0.4) is 0 Å². The minimum atomic E-state index is -3.98. The number of nitro groups is 1. The fourth-order valence-electron chi connectivity index (χ4n) is 1.57. The maximum absolute atomic E-state index is 12.0. The molecule has 0 heterocycles. The van der Waals surface area contributed by atoms with Crippen LogP contribution in [-0.4, -0.2) is 25.3 Å². The number of amides is 1. The van der Waals surface area contributed by atoms with Gasteiger partial charge in [0.05, 0.1) is 10.6 Å². The molecule has 1 amide bonds. The Balaban J connectivity index is 3.04. The van der Waals surface area contributed by atoms with Crippen molar-refractivity contribution in [2.75, 3.05) is 5.73 Å². The number of benzene rings is 1. The molecule has 0 saturated carbocycles. The van der Waals surface area contributed by atoms with Crippen molar-refractivity contribution < 1.29 is 18.1 Å². The lowest BCUT2D eigenvalue weighted by atomic mass is 10.2. The van der Waals surface area contributed by atoms with E-state index in [-0.39, 0.29) is 22.7 Å². The Labute approximate surface area is 115 Å². The van der Waals surface area contributed by atoms with Gasteiger partial charge in [0.15, 0.2) is 0 Å². The van der Waals surface area contributed by atoms with Crippen molar-refractivity contribution in [2.24, 2.45) is 5.73 Å². The summed E-state index contributed by atoms with van der Waals surface area (Å²) in [4.78, 5) is 20.3. The van der Waals surface area contributed by atoms with Crippen LogP contribution in [0.2, 0.25) is 0 Å². The third kappa shape index (κ3) is 3.90. The summed E-state index contributed by atoms with van der Waals surface area (Å²) in [6.45, 7) is 1.46. The molecule has 0 aromatic heterocycles. The van der Waals surface area contributed by atoms with Crippen molar-refractivity contribution in [3.8, 4) is 0 Å². The number of hydrogen-bond acceptors (Lipinski definition) is 6. The Morgan fingerprint density at radius 1 is 1.50 bits per heavy atom. The highest BCUT2D eigenvalue weighted by molar-refractivity contribution is 7.89. The Bertz CT molecular complexity index is 643. The number of carbonyl (C=O) groups is 1. The van der Waals surface area contributed by atoms with E-state index in [1.54, 1.807) is 0 Å². The molecule has 1 atom stereocenters. The second kappa shape index (κ2) is 5.84. The van der Waals surface area contributed by atoms with E-state index in [4.69, 9.17) is 11.5 Å². The molecule has 0 fully saturated rings. The SMILES string of the molecule is CC(CC(N)=O)NS(=O)(=O)c1ccc([N+](=O)[O-])cc1N. The first-order valence-electron chi connectivity index (χ1n) is 5.48. The molecule has 0 radical (unpaired) electrons. The molecular weight excluding hydrogens is 288 g/mol. The van der Waals surface area contributed by atoms with Crippen LogP contribution in [0.1, 0.15) is 13.3 Å². The number of nitrogens with two attached hydrogens (primary N) is 2. The molecule has 9 nitrogen and oxygen atoms in total. The van der Waals surface area contributed by atoms with E-state index >= 15 is 0 Å². The third-order valence-electron chi connectivity index (χ3n) is 2.36. The topological polar surface area (TPSA) is 158 Å². The Hall–Kier alpha value is -2.20. The lowest BCUT2D eigenvalue weighted by Gasteiger charge is -2.13. The number of rotatable bonds is 6. The number of nitrogen functional groups attached to an aromatic ring is 1. The van der Waals surface area contributed by atoms with Crippen molar-refractivity contribution >= 4 is 27.3 Å². The largest absolute Gasteiger partial charge is 0.397 e. The second-order valence-corrected chi connectivity index (χ2v) is 5.85. The Morgan fingerprint density at radius 3 is 2.55 bits per heavy atom. The van der Waals surface area contributed by atoms with Crippen molar-refractivity contribution in [1.82, 2.24) is 4.72 Å². The quantitative estimate of drug-likeness (QED) is 0.372. The van der Waals surface area contributed by atoms with Gasteiger partial charge in [-0.25, -0.2) is 13.1 Å². The molecule has 10 heteroatoms. The molecule has 1 aromatic carbocycles. The van der Waals surface area contributed by atoms with Crippen LogP contribution in [-0.2, 0) is 14.8 Å². The molecule has 0 saturated heterocycles. The molecule has 0 aliphatic carbocycles. The fraction of sp³-hybridized carbons (Fsp3) is 0.300. The summed E-state index contributed by atoms with van der Waals surface area (Å²) < 4.78 is 26.2. The number of non-ortho nitro benzene ring substituents is 1. The van der Waals surface area contributed by atoms with E-state index in [0.717, 1.165) is 18.2 Å². The molecule has 1 rings (SSSR count). The van der Waals surface area contributed by atoms with Gasteiger partial charge >= 0.3 is 0 Å². The highest BCUT2D eigenvalue weighted by atomic mass is 32.2. The zero-order valence-corrected chi connectivity index (χ0v) is 11.4. The van der Waals surface area contributed by atoms with Gasteiger partial charge in [0.25, 0.3) is 5.69 Å². The summed E-state index contributed by atoms with van der Waals surface area (Å²) in [5.74, 6) is -0.656. The Kier molecular flexibility index (Phi) is 4.63. The van der Waals surface area contributed by atoms with Crippen LogP contribution in [0.25, 0.3) is 0 Å². The average molecular weight is 302 g/mol. The molecule has 1 unspecified atom stereocenters. The van der Waals surface area contributed by atoms with Crippen molar-refractivity contribution in [1.29, 1.82) is 0 Å². The zero-order valence-electron chi connectivity index (χ0n) is 10.6. The minimum absolute atomic E-state index is 0.174. The van der Waals surface area contributed by atoms with E-state index in [9.17, 15) is 23.3 Å². The second-order valence-electron chi connectivity index (χ2n) is 4.17. The number of hydrogen-bond donors (Lipinski definition) is 3. The number of nitro benzene ring substituents is 1. The molecule has 0 spiro atoms. The summed E-state index contributed by atoms with van der Waals surface area (Å²) in [5.41, 5.74) is 9.90. The molecule has 1 aromatic rings. The van der Waals surface area contributed by atoms with Gasteiger partial charge in [0.1, 0.15) is 4.90 Å². The minimum Gasteiger partial charge on any atom is -0.397 e.